The maximum atomic E-state index is 13.1. The molecule has 1 aliphatic heterocycles. The van der Waals surface area contributed by atoms with Crippen molar-refractivity contribution >= 4 is 30.7 Å². The van der Waals surface area contributed by atoms with Crippen molar-refractivity contribution in [2.24, 2.45) is 0 Å². The van der Waals surface area contributed by atoms with Gasteiger partial charge >= 0.3 is 0 Å². The number of nitrogens with one attached hydrogen (secondary N) is 1. The number of benzene rings is 1. The minimum absolute atomic E-state index is 0. The van der Waals surface area contributed by atoms with E-state index in [1.807, 2.05) is 35.4 Å². The summed E-state index contributed by atoms with van der Waals surface area (Å²) in [6.45, 7) is 10.8. The highest BCUT2D eigenvalue weighted by molar-refractivity contribution is 5.94. The number of halogens is 2. The van der Waals surface area contributed by atoms with Crippen LogP contribution >= 0.6 is 24.8 Å². The van der Waals surface area contributed by atoms with Gasteiger partial charge in [0.25, 0.3) is 5.91 Å². The van der Waals surface area contributed by atoms with Crippen LogP contribution in [0.5, 0.6) is 0 Å². The number of piperazine rings is 1. The highest BCUT2D eigenvalue weighted by Gasteiger charge is 2.28. The fourth-order valence-corrected chi connectivity index (χ4v) is 3.63. The Morgan fingerprint density at radius 1 is 1.24 bits per heavy atom. The maximum Gasteiger partial charge on any atom is 0.254 e. The molecule has 160 valence electrons. The number of aromatic nitrogens is 1. The molecule has 7 heteroatoms. The third-order valence-corrected chi connectivity index (χ3v) is 5.30. The van der Waals surface area contributed by atoms with Crippen LogP contribution in [0.15, 0.2) is 48.8 Å². The first-order chi connectivity index (χ1) is 13.1. The summed E-state index contributed by atoms with van der Waals surface area (Å²) in [5.41, 5.74) is 3.07. The number of rotatable bonds is 6. The van der Waals surface area contributed by atoms with E-state index in [1.54, 1.807) is 6.20 Å². The summed E-state index contributed by atoms with van der Waals surface area (Å²) in [7, 11) is 0. The van der Waals surface area contributed by atoms with E-state index in [4.69, 9.17) is 0 Å². The Balaban J connectivity index is 0.00000210. The molecule has 29 heavy (non-hydrogen) atoms. The first-order valence-electron chi connectivity index (χ1n) is 9.84. The van der Waals surface area contributed by atoms with Gasteiger partial charge in [-0.1, -0.05) is 25.1 Å². The van der Waals surface area contributed by atoms with Crippen LogP contribution in [-0.4, -0.2) is 52.9 Å². The van der Waals surface area contributed by atoms with E-state index >= 15 is 0 Å². The van der Waals surface area contributed by atoms with Crippen LogP contribution in [0.1, 0.15) is 48.3 Å². The van der Waals surface area contributed by atoms with Gasteiger partial charge in [-0.15, -0.1) is 24.8 Å². The van der Waals surface area contributed by atoms with E-state index in [-0.39, 0.29) is 36.8 Å². The van der Waals surface area contributed by atoms with Crippen molar-refractivity contribution in [1.82, 2.24) is 20.1 Å². The topological polar surface area (TPSA) is 48.5 Å². The van der Waals surface area contributed by atoms with Crippen molar-refractivity contribution in [3.8, 4) is 0 Å². The quantitative estimate of drug-likeness (QED) is 0.741. The molecule has 0 bridgehead atoms. The minimum atomic E-state index is 0. The Labute approximate surface area is 186 Å². The first-order valence-corrected chi connectivity index (χ1v) is 9.84. The maximum absolute atomic E-state index is 13.1. The fourth-order valence-electron chi connectivity index (χ4n) is 3.63. The van der Waals surface area contributed by atoms with Crippen LogP contribution in [0, 0.1) is 0 Å². The van der Waals surface area contributed by atoms with Crippen molar-refractivity contribution in [1.29, 1.82) is 0 Å². The second-order valence-corrected chi connectivity index (χ2v) is 7.36. The zero-order chi connectivity index (χ0) is 19.2. The van der Waals surface area contributed by atoms with E-state index in [0.29, 0.717) is 12.6 Å². The molecule has 1 saturated heterocycles. The van der Waals surface area contributed by atoms with Crippen molar-refractivity contribution in [3.05, 3.63) is 65.5 Å². The monoisotopic (exact) mass is 438 g/mol. The molecule has 0 spiro atoms. The van der Waals surface area contributed by atoms with Crippen molar-refractivity contribution in [2.45, 2.75) is 39.4 Å². The second-order valence-electron chi connectivity index (χ2n) is 7.36. The van der Waals surface area contributed by atoms with Gasteiger partial charge in [-0.05, 0) is 49.7 Å². The van der Waals surface area contributed by atoms with Gasteiger partial charge in [0, 0.05) is 50.2 Å². The highest BCUT2D eigenvalue weighted by atomic mass is 35.5. The lowest BCUT2D eigenvalue weighted by Gasteiger charge is -2.36. The molecule has 1 atom stereocenters. The molecule has 0 radical (unpaired) electrons. The smallest absolute Gasteiger partial charge is 0.254 e. The molecule has 2 aromatic rings. The van der Waals surface area contributed by atoms with E-state index in [2.05, 4.69) is 48.1 Å². The standard InChI is InChI=1S/C22H30N4O.2ClH/c1-4-25(17(2)3)16-18-7-9-19(10-8-18)22(27)26-13-12-24-15-21(26)20-6-5-11-23-14-20;;/h5-11,14,17,21,24H,4,12-13,15-16H2,1-3H3;2*1H. The molecule has 1 aromatic carbocycles. The molecule has 1 aliphatic rings. The number of pyridine rings is 1. The van der Waals surface area contributed by atoms with Gasteiger partial charge in [-0.2, -0.15) is 0 Å². The Bertz CT molecular complexity index is 740. The summed E-state index contributed by atoms with van der Waals surface area (Å²) in [5.74, 6) is 0.0908. The molecule has 3 rings (SSSR count). The average molecular weight is 439 g/mol. The van der Waals surface area contributed by atoms with Gasteiger partial charge in [0.1, 0.15) is 0 Å². The van der Waals surface area contributed by atoms with E-state index in [9.17, 15) is 4.79 Å². The predicted octanol–water partition coefficient (Wildman–Crippen LogP) is 3.94. The number of amides is 1. The zero-order valence-electron chi connectivity index (χ0n) is 17.4. The number of hydrogen-bond donors (Lipinski definition) is 1. The van der Waals surface area contributed by atoms with Crippen molar-refractivity contribution in [2.75, 3.05) is 26.2 Å². The Morgan fingerprint density at radius 3 is 2.55 bits per heavy atom. The molecular weight excluding hydrogens is 407 g/mol. The molecule has 1 aromatic heterocycles. The van der Waals surface area contributed by atoms with Crippen LogP contribution in [-0.2, 0) is 6.54 Å². The zero-order valence-corrected chi connectivity index (χ0v) is 19.0. The van der Waals surface area contributed by atoms with Gasteiger partial charge in [0.15, 0.2) is 0 Å². The molecular formula is C22H32Cl2N4O. The van der Waals surface area contributed by atoms with Gasteiger partial charge in [-0.3, -0.25) is 14.7 Å². The second kappa shape index (κ2) is 12.1. The van der Waals surface area contributed by atoms with Gasteiger partial charge in [0.2, 0.25) is 0 Å². The largest absolute Gasteiger partial charge is 0.329 e. The molecule has 0 aliphatic carbocycles. The van der Waals surface area contributed by atoms with Crippen LogP contribution in [0.25, 0.3) is 0 Å². The van der Waals surface area contributed by atoms with Gasteiger partial charge in [0.05, 0.1) is 6.04 Å². The summed E-state index contributed by atoms with van der Waals surface area (Å²) in [6, 6.07) is 12.6. The lowest BCUT2D eigenvalue weighted by Crippen LogP contribution is -2.48. The van der Waals surface area contributed by atoms with Gasteiger partial charge in [-0.25, -0.2) is 0 Å². The fraction of sp³-hybridized carbons (Fsp3) is 0.455. The lowest BCUT2D eigenvalue weighted by atomic mass is 10.0. The Morgan fingerprint density at radius 2 is 1.97 bits per heavy atom. The summed E-state index contributed by atoms with van der Waals surface area (Å²) in [4.78, 5) is 21.7. The normalized spacial score (nSPS) is 16.3. The summed E-state index contributed by atoms with van der Waals surface area (Å²) < 4.78 is 0. The predicted molar refractivity (Wildman–Crippen MR) is 123 cm³/mol. The molecule has 0 saturated carbocycles. The van der Waals surface area contributed by atoms with Gasteiger partial charge < -0.3 is 10.2 Å². The number of carbonyl (C=O) groups is 1. The SMILES string of the molecule is CCN(Cc1ccc(C(=O)N2CCNCC2c2cccnc2)cc1)C(C)C.Cl.Cl. The minimum Gasteiger partial charge on any atom is -0.329 e. The van der Waals surface area contributed by atoms with Crippen LogP contribution < -0.4 is 5.32 Å². The Hall–Kier alpha value is -1.66. The molecule has 1 N–H and O–H groups in total. The van der Waals surface area contributed by atoms with Crippen LogP contribution in [0.4, 0.5) is 0 Å². The molecule has 2 heterocycles. The Kier molecular flexibility index (Phi) is 10.6. The van der Waals surface area contributed by atoms with Crippen molar-refractivity contribution < 1.29 is 4.79 Å². The highest BCUT2D eigenvalue weighted by Crippen LogP contribution is 2.24. The van der Waals surface area contributed by atoms with Crippen LogP contribution in [0.3, 0.4) is 0 Å². The third-order valence-electron chi connectivity index (χ3n) is 5.30. The third kappa shape index (κ3) is 6.41. The summed E-state index contributed by atoms with van der Waals surface area (Å²) in [5, 5.41) is 3.39. The first kappa shape index (κ1) is 25.4. The lowest BCUT2D eigenvalue weighted by molar-refractivity contribution is 0.0634. The molecule has 1 fully saturated rings. The average Bonchev–Trinajstić information content (AvgIpc) is 2.72. The molecule has 1 amide bonds. The number of carbonyl (C=O) groups excluding carboxylic acids is 1. The van der Waals surface area contributed by atoms with E-state index in [1.165, 1.54) is 5.56 Å². The summed E-state index contributed by atoms with van der Waals surface area (Å²) in [6.07, 6.45) is 3.62. The van der Waals surface area contributed by atoms with E-state index in [0.717, 1.165) is 37.3 Å². The number of hydrogen-bond acceptors (Lipinski definition) is 4. The molecule has 5 nitrogen and oxygen atoms in total. The molecule has 1 unspecified atom stereocenters. The van der Waals surface area contributed by atoms with E-state index < -0.39 is 0 Å². The van der Waals surface area contributed by atoms with Crippen molar-refractivity contribution in [3.63, 3.8) is 0 Å². The summed E-state index contributed by atoms with van der Waals surface area (Å²) >= 11 is 0. The number of nitrogens with zero attached hydrogens (tertiary/aromatic N) is 3. The van der Waals surface area contributed by atoms with Crippen LogP contribution in [0.2, 0.25) is 0 Å².